The minimum Gasteiger partial charge on any atom is -0.375 e. The van der Waals surface area contributed by atoms with Gasteiger partial charge in [-0.15, -0.1) is 0 Å². The number of hydrogen-bond donors (Lipinski definition) is 1. The zero-order valence-electron chi connectivity index (χ0n) is 12.9. The van der Waals surface area contributed by atoms with Crippen LogP contribution in [0.1, 0.15) is 51.0 Å². The SMILES string of the molecule is CCCNCCC1(OCCCc2ccccc2)CCC1. The highest BCUT2D eigenvalue weighted by atomic mass is 16.5. The maximum absolute atomic E-state index is 6.23. The Bertz CT molecular complexity index is 359. The van der Waals surface area contributed by atoms with Crippen LogP contribution in [0.25, 0.3) is 0 Å². The van der Waals surface area contributed by atoms with E-state index in [9.17, 15) is 0 Å². The van der Waals surface area contributed by atoms with Gasteiger partial charge in [-0.2, -0.15) is 0 Å². The molecule has 1 aromatic carbocycles. The van der Waals surface area contributed by atoms with Crippen LogP contribution in [0.3, 0.4) is 0 Å². The zero-order chi connectivity index (χ0) is 14.1. The third-order valence-corrected chi connectivity index (χ3v) is 4.31. The molecule has 0 aromatic heterocycles. The molecule has 1 fully saturated rings. The molecule has 2 nitrogen and oxygen atoms in total. The van der Waals surface area contributed by atoms with Gasteiger partial charge in [0.25, 0.3) is 0 Å². The van der Waals surface area contributed by atoms with E-state index in [-0.39, 0.29) is 5.60 Å². The molecular formula is C18H29NO. The zero-order valence-corrected chi connectivity index (χ0v) is 12.9. The Morgan fingerprint density at radius 3 is 2.60 bits per heavy atom. The number of ether oxygens (including phenoxy) is 1. The Balaban J connectivity index is 1.61. The van der Waals surface area contributed by atoms with E-state index in [2.05, 4.69) is 42.6 Å². The number of aryl methyl sites for hydroxylation is 1. The smallest absolute Gasteiger partial charge is 0.0694 e. The van der Waals surface area contributed by atoms with Gasteiger partial charge in [-0.3, -0.25) is 0 Å². The number of hydrogen-bond acceptors (Lipinski definition) is 2. The second-order valence-corrected chi connectivity index (χ2v) is 5.97. The first-order valence-electron chi connectivity index (χ1n) is 8.23. The Morgan fingerprint density at radius 1 is 1.15 bits per heavy atom. The molecule has 1 aliphatic rings. The van der Waals surface area contributed by atoms with Crippen molar-refractivity contribution in [2.24, 2.45) is 0 Å². The summed E-state index contributed by atoms with van der Waals surface area (Å²) >= 11 is 0. The van der Waals surface area contributed by atoms with Crippen LogP contribution in [0.5, 0.6) is 0 Å². The van der Waals surface area contributed by atoms with Crippen LogP contribution < -0.4 is 5.32 Å². The van der Waals surface area contributed by atoms with Crippen molar-refractivity contribution in [3.05, 3.63) is 35.9 Å². The van der Waals surface area contributed by atoms with Crippen LogP contribution in [-0.4, -0.2) is 25.3 Å². The topological polar surface area (TPSA) is 21.3 Å². The molecular weight excluding hydrogens is 246 g/mol. The normalized spacial score (nSPS) is 16.9. The van der Waals surface area contributed by atoms with E-state index in [4.69, 9.17) is 4.74 Å². The first-order valence-corrected chi connectivity index (χ1v) is 8.23. The Labute approximate surface area is 123 Å². The van der Waals surface area contributed by atoms with Crippen LogP contribution in [0.2, 0.25) is 0 Å². The van der Waals surface area contributed by atoms with E-state index < -0.39 is 0 Å². The molecule has 2 heteroatoms. The van der Waals surface area contributed by atoms with Gasteiger partial charge in [0.1, 0.15) is 0 Å². The minimum absolute atomic E-state index is 0.206. The lowest BCUT2D eigenvalue weighted by Crippen LogP contribution is -2.43. The van der Waals surface area contributed by atoms with Crippen molar-refractivity contribution in [3.63, 3.8) is 0 Å². The summed E-state index contributed by atoms with van der Waals surface area (Å²) < 4.78 is 6.23. The van der Waals surface area contributed by atoms with Crippen molar-refractivity contribution in [1.29, 1.82) is 0 Å². The van der Waals surface area contributed by atoms with Crippen molar-refractivity contribution in [1.82, 2.24) is 5.32 Å². The standard InChI is InChI=1S/C18H29NO/c1-2-14-19-15-13-18(11-7-12-18)20-16-6-10-17-8-4-3-5-9-17/h3-5,8-9,19H,2,6-7,10-16H2,1H3. The summed E-state index contributed by atoms with van der Waals surface area (Å²) in [7, 11) is 0. The molecule has 0 saturated heterocycles. The van der Waals surface area contributed by atoms with Gasteiger partial charge in [-0.05, 0) is 63.6 Å². The lowest BCUT2D eigenvalue weighted by Gasteiger charge is -2.42. The summed E-state index contributed by atoms with van der Waals surface area (Å²) in [5, 5.41) is 3.50. The van der Waals surface area contributed by atoms with E-state index in [1.807, 2.05) is 0 Å². The fourth-order valence-electron chi connectivity index (χ4n) is 2.87. The number of rotatable bonds is 10. The molecule has 1 N–H and O–H groups in total. The summed E-state index contributed by atoms with van der Waals surface area (Å²) in [6.07, 6.45) is 8.51. The second-order valence-electron chi connectivity index (χ2n) is 5.97. The molecule has 1 saturated carbocycles. The van der Waals surface area contributed by atoms with E-state index in [0.29, 0.717) is 0 Å². The van der Waals surface area contributed by atoms with Gasteiger partial charge in [0, 0.05) is 6.61 Å². The average Bonchev–Trinajstić information content (AvgIpc) is 2.45. The maximum Gasteiger partial charge on any atom is 0.0694 e. The van der Waals surface area contributed by atoms with E-state index >= 15 is 0 Å². The van der Waals surface area contributed by atoms with Crippen molar-refractivity contribution in [2.75, 3.05) is 19.7 Å². The van der Waals surface area contributed by atoms with Gasteiger partial charge in [-0.1, -0.05) is 37.3 Å². The molecule has 1 aromatic rings. The molecule has 0 heterocycles. The van der Waals surface area contributed by atoms with Gasteiger partial charge in [0.05, 0.1) is 5.60 Å². The summed E-state index contributed by atoms with van der Waals surface area (Å²) in [5.41, 5.74) is 1.63. The van der Waals surface area contributed by atoms with Gasteiger partial charge in [0.2, 0.25) is 0 Å². The lowest BCUT2D eigenvalue weighted by atomic mass is 9.77. The highest BCUT2D eigenvalue weighted by Gasteiger charge is 2.37. The second kappa shape index (κ2) is 8.43. The fraction of sp³-hybridized carbons (Fsp3) is 0.667. The van der Waals surface area contributed by atoms with Crippen molar-refractivity contribution < 1.29 is 4.74 Å². The van der Waals surface area contributed by atoms with E-state index in [0.717, 1.165) is 32.5 Å². The Hall–Kier alpha value is -0.860. The van der Waals surface area contributed by atoms with Crippen LogP contribution in [0, 0.1) is 0 Å². The maximum atomic E-state index is 6.23. The largest absolute Gasteiger partial charge is 0.375 e. The van der Waals surface area contributed by atoms with Crippen molar-refractivity contribution in [3.8, 4) is 0 Å². The summed E-state index contributed by atoms with van der Waals surface area (Å²) in [4.78, 5) is 0. The highest BCUT2D eigenvalue weighted by molar-refractivity contribution is 5.14. The Morgan fingerprint density at radius 2 is 1.95 bits per heavy atom. The summed E-state index contributed by atoms with van der Waals surface area (Å²) in [6, 6.07) is 10.7. The molecule has 0 bridgehead atoms. The van der Waals surface area contributed by atoms with Crippen LogP contribution in [0.15, 0.2) is 30.3 Å². The van der Waals surface area contributed by atoms with Crippen LogP contribution >= 0.6 is 0 Å². The molecule has 0 radical (unpaired) electrons. The lowest BCUT2D eigenvalue weighted by molar-refractivity contribution is -0.105. The van der Waals surface area contributed by atoms with Crippen molar-refractivity contribution >= 4 is 0 Å². The molecule has 1 aliphatic carbocycles. The summed E-state index contributed by atoms with van der Waals surface area (Å²) in [5.74, 6) is 0. The van der Waals surface area contributed by atoms with Gasteiger partial charge >= 0.3 is 0 Å². The summed E-state index contributed by atoms with van der Waals surface area (Å²) in [6.45, 7) is 5.35. The molecule has 0 aliphatic heterocycles. The highest BCUT2D eigenvalue weighted by Crippen LogP contribution is 2.38. The quantitative estimate of drug-likeness (QED) is 0.653. The van der Waals surface area contributed by atoms with Gasteiger partial charge in [-0.25, -0.2) is 0 Å². The first kappa shape index (κ1) is 15.5. The molecule has 112 valence electrons. The van der Waals surface area contributed by atoms with Gasteiger partial charge < -0.3 is 10.1 Å². The number of nitrogens with one attached hydrogen (secondary N) is 1. The monoisotopic (exact) mass is 275 g/mol. The van der Waals surface area contributed by atoms with Crippen LogP contribution in [0.4, 0.5) is 0 Å². The third kappa shape index (κ3) is 4.92. The molecule has 0 amide bonds. The van der Waals surface area contributed by atoms with Crippen molar-refractivity contribution in [2.45, 2.75) is 57.5 Å². The molecule has 0 spiro atoms. The Kier molecular flexibility index (Phi) is 6.55. The van der Waals surface area contributed by atoms with E-state index in [1.54, 1.807) is 0 Å². The van der Waals surface area contributed by atoms with Crippen LogP contribution in [-0.2, 0) is 11.2 Å². The average molecular weight is 275 g/mol. The predicted molar refractivity (Wildman–Crippen MR) is 85.1 cm³/mol. The van der Waals surface area contributed by atoms with E-state index in [1.165, 1.54) is 37.7 Å². The molecule has 0 atom stereocenters. The molecule has 0 unspecified atom stereocenters. The third-order valence-electron chi connectivity index (χ3n) is 4.31. The predicted octanol–water partition coefficient (Wildman–Crippen LogP) is 3.95. The molecule has 20 heavy (non-hydrogen) atoms. The fourth-order valence-corrected chi connectivity index (χ4v) is 2.87. The van der Waals surface area contributed by atoms with Gasteiger partial charge in [0.15, 0.2) is 0 Å². The number of benzene rings is 1. The minimum atomic E-state index is 0.206. The first-order chi connectivity index (χ1) is 9.85. The molecule has 2 rings (SSSR count).